The summed E-state index contributed by atoms with van der Waals surface area (Å²) in [4.78, 5) is 0. The van der Waals surface area contributed by atoms with Crippen LogP contribution in [0.3, 0.4) is 0 Å². The first-order valence-electron chi connectivity index (χ1n) is 5.54. The van der Waals surface area contributed by atoms with Crippen molar-refractivity contribution < 1.29 is 4.39 Å². The smallest absolute Gasteiger partial charge is 0.126 e. The minimum atomic E-state index is -0.176. The van der Waals surface area contributed by atoms with E-state index >= 15 is 0 Å². The molecule has 0 aliphatic carbocycles. The minimum Gasteiger partial charge on any atom is -0.308 e. The molecule has 0 spiro atoms. The first kappa shape index (κ1) is 11.8. The molecule has 17 heavy (non-hydrogen) atoms. The van der Waals surface area contributed by atoms with E-state index in [-0.39, 0.29) is 11.9 Å². The SMILES string of the molecule is CNC(c1ccc(C)c(F)c1)c1ccnn1C. The number of aromatic nitrogens is 2. The third-order valence-electron chi connectivity index (χ3n) is 2.97. The molecule has 0 amide bonds. The van der Waals surface area contributed by atoms with Gasteiger partial charge < -0.3 is 5.32 Å². The van der Waals surface area contributed by atoms with Crippen LogP contribution in [0.5, 0.6) is 0 Å². The molecule has 2 rings (SSSR count). The van der Waals surface area contributed by atoms with Crippen molar-refractivity contribution in [1.82, 2.24) is 15.1 Å². The Labute approximate surface area is 100 Å². The van der Waals surface area contributed by atoms with E-state index in [2.05, 4.69) is 10.4 Å². The van der Waals surface area contributed by atoms with Crippen LogP contribution in [0.15, 0.2) is 30.5 Å². The summed E-state index contributed by atoms with van der Waals surface area (Å²) in [7, 11) is 3.74. The van der Waals surface area contributed by atoms with Gasteiger partial charge in [-0.05, 0) is 37.2 Å². The zero-order chi connectivity index (χ0) is 12.4. The Kier molecular flexibility index (Phi) is 3.24. The van der Waals surface area contributed by atoms with E-state index in [1.807, 2.05) is 26.2 Å². The summed E-state index contributed by atoms with van der Waals surface area (Å²) in [5, 5.41) is 7.31. The molecule has 1 aromatic heterocycles. The van der Waals surface area contributed by atoms with E-state index in [4.69, 9.17) is 0 Å². The second kappa shape index (κ2) is 4.67. The number of nitrogens with one attached hydrogen (secondary N) is 1. The van der Waals surface area contributed by atoms with E-state index in [1.54, 1.807) is 29.9 Å². The molecule has 90 valence electrons. The highest BCUT2D eigenvalue weighted by Crippen LogP contribution is 2.22. The Morgan fingerprint density at radius 1 is 1.35 bits per heavy atom. The molecule has 1 heterocycles. The highest BCUT2D eigenvalue weighted by atomic mass is 19.1. The van der Waals surface area contributed by atoms with Gasteiger partial charge in [-0.1, -0.05) is 12.1 Å². The molecule has 0 aliphatic rings. The topological polar surface area (TPSA) is 29.9 Å². The van der Waals surface area contributed by atoms with Gasteiger partial charge in [0.15, 0.2) is 0 Å². The van der Waals surface area contributed by atoms with Crippen molar-refractivity contribution in [1.29, 1.82) is 0 Å². The summed E-state index contributed by atoms with van der Waals surface area (Å²) in [5.41, 5.74) is 2.57. The van der Waals surface area contributed by atoms with Gasteiger partial charge in [-0.25, -0.2) is 4.39 Å². The lowest BCUT2D eigenvalue weighted by atomic mass is 10.0. The molecule has 0 radical (unpaired) electrons. The van der Waals surface area contributed by atoms with Gasteiger partial charge in [0.1, 0.15) is 5.82 Å². The lowest BCUT2D eigenvalue weighted by molar-refractivity contribution is 0.587. The molecule has 4 heteroatoms. The molecule has 0 aliphatic heterocycles. The van der Waals surface area contributed by atoms with Crippen molar-refractivity contribution in [2.45, 2.75) is 13.0 Å². The average molecular weight is 233 g/mol. The molecule has 0 bridgehead atoms. The van der Waals surface area contributed by atoms with E-state index in [9.17, 15) is 4.39 Å². The molecule has 0 fully saturated rings. The fraction of sp³-hybridized carbons (Fsp3) is 0.308. The average Bonchev–Trinajstić information content (AvgIpc) is 2.71. The van der Waals surface area contributed by atoms with Crippen molar-refractivity contribution in [3.63, 3.8) is 0 Å². The molecular formula is C13H16FN3. The van der Waals surface area contributed by atoms with Gasteiger partial charge in [0, 0.05) is 13.2 Å². The van der Waals surface area contributed by atoms with Crippen LogP contribution in [0.4, 0.5) is 4.39 Å². The Bertz CT molecular complexity index is 519. The third kappa shape index (κ3) is 2.22. The predicted molar refractivity (Wildman–Crippen MR) is 65.2 cm³/mol. The van der Waals surface area contributed by atoms with Gasteiger partial charge in [0.2, 0.25) is 0 Å². The number of halogens is 1. The van der Waals surface area contributed by atoms with Gasteiger partial charge >= 0.3 is 0 Å². The monoisotopic (exact) mass is 233 g/mol. The lowest BCUT2D eigenvalue weighted by Gasteiger charge is -2.17. The molecule has 3 nitrogen and oxygen atoms in total. The zero-order valence-electron chi connectivity index (χ0n) is 10.2. The molecular weight excluding hydrogens is 217 g/mol. The van der Waals surface area contributed by atoms with Gasteiger partial charge in [-0.2, -0.15) is 5.10 Å². The van der Waals surface area contributed by atoms with Crippen molar-refractivity contribution in [2.24, 2.45) is 7.05 Å². The molecule has 2 aromatic rings. The highest BCUT2D eigenvalue weighted by Gasteiger charge is 2.16. The van der Waals surface area contributed by atoms with Gasteiger partial charge in [0.25, 0.3) is 0 Å². The maximum Gasteiger partial charge on any atom is 0.126 e. The van der Waals surface area contributed by atoms with Crippen LogP contribution in [0, 0.1) is 12.7 Å². The molecule has 1 atom stereocenters. The van der Waals surface area contributed by atoms with Crippen molar-refractivity contribution >= 4 is 0 Å². The predicted octanol–water partition coefficient (Wildman–Crippen LogP) is 2.18. The van der Waals surface area contributed by atoms with Crippen LogP contribution in [-0.2, 0) is 7.05 Å². The lowest BCUT2D eigenvalue weighted by Crippen LogP contribution is -2.20. The number of rotatable bonds is 3. The van der Waals surface area contributed by atoms with Gasteiger partial charge in [-0.3, -0.25) is 4.68 Å². The second-order valence-electron chi connectivity index (χ2n) is 4.11. The quantitative estimate of drug-likeness (QED) is 0.880. The Morgan fingerprint density at radius 2 is 2.12 bits per heavy atom. The van der Waals surface area contributed by atoms with E-state index in [0.29, 0.717) is 5.56 Å². The Morgan fingerprint density at radius 3 is 2.65 bits per heavy atom. The van der Waals surface area contributed by atoms with Crippen LogP contribution < -0.4 is 5.32 Å². The van der Waals surface area contributed by atoms with E-state index in [1.165, 1.54) is 0 Å². The summed E-state index contributed by atoms with van der Waals surface area (Å²) in [6.45, 7) is 1.76. The fourth-order valence-electron chi connectivity index (χ4n) is 1.94. The van der Waals surface area contributed by atoms with Crippen LogP contribution in [0.25, 0.3) is 0 Å². The van der Waals surface area contributed by atoms with Gasteiger partial charge in [-0.15, -0.1) is 0 Å². The van der Waals surface area contributed by atoms with Crippen molar-refractivity contribution in [3.8, 4) is 0 Å². The Balaban J connectivity index is 2.42. The number of hydrogen-bond donors (Lipinski definition) is 1. The van der Waals surface area contributed by atoms with Crippen LogP contribution in [0.1, 0.15) is 22.9 Å². The van der Waals surface area contributed by atoms with Crippen molar-refractivity contribution in [2.75, 3.05) is 7.05 Å². The summed E-state index contributed by atoms with van der Waals surface area (Å²) in [5.74, 6) is -0.176. The maximum atomic E-state index is 13.6. The molecule has 1 aromatic carbocycles. The maximum absolute atomic E-state index is 13.6. The molecule has 0 saturated carbocycles. The first-order chi connectivity index (χ1) is 8.13. The molecule has 1 N–H and O–H groups in total. The second-order valence-corrected chi connectivity index (χ2v) is 4.11. The Hall–Kier alpha value is -1.68. The van der Waals surface area contributed by atoms with E-state index < -0.39 is 0 Å². The zero-order valence-corrected chi connectivity index (χ0v) is 10.2. The van der Waals surface area contributed by atoms with Crippen LogP contribution in [-0.4, -0.2) is 16.8 Å². The summed E-state index contributed by atoms with van der Waals surface area (Å²) < 4.78 is 15.4. The first-order valence-corrected chi connectivity index (χ1v) is 5.54. The molecule has 0 saturated heterocycles. The minimum absolute atomic E-state index is 0.0439. The largest absolute Gasteiger partial charge is 0.308 e. The van der Waals surface area contributed by atoms with Crippen molar-refractivity contribution in [3.05, 3.63) is 53.1 Å². The number of nitrogens with zero attached hydrogens (tertiary/aromatic N) is 2. The van der Waals surface area contributed by atoms with Gasteiger partial charge in [0.05, 0.1) is 11.7 Å². The normalized spacial score (nSPS) is 12.7. The standard InChI is InChI=1S/C13H16FN3/c1-9-4-5-10(8-11(9)14)13(15-2)12-6-7-16-17(12)3/h4-8,13,15H,1-3H3. The number of hydrogen-bond acceptors (Lipinski definition) is 2. The third-order valence-corrected chi connectivity index (χ3v) is 2.97. The fourth-order valence-corrected chi connectivity index (χ4v) is 1.94. The molecule has 1 unspecified atom stereocenters. The van der Waals surface area contributed by atoms with Crippen LogP contribution >= 0.6 is 0 Å². The van der Waals surface area contributed by atoms with Crippen LogP contribution in [0.2, 0.25) is 0 Å². The number of aryl methyl sites for hydroxylation is 2. The summed E-state index contributed by atoms with van der Waals surface area (Å²) in [6.07, 6.45) is 1.74. The number of benzene rings is 1. The summed E-state index contributed by atoms with van der Waals surface area (Å²) >= 11 is 0. The summed E-state index contributed by atoms with van der Waals surface area (Å²) in [6, 6.07) is 7.19. The van der Waals surface area contributed by atoms with E-state index in [0.717, 1.165) is 11.3 Å². The highest BCUT2D eigenvalue weighted by molar-refractivity contribution is 5.31.